The number of benzene rings is 2. The molecule has 0 radical (unpaired) electrons. The summed E-state index contributed by atoms with van der Waals surface area (Å²) in [5.41, 5.74) is 9.57. The predicted molar refractivity (Wildman–Crippen MR) is 127 cm³/mol. The molecule has 0 spiro atoms. The van der Waals surface area contributed by atoms with Gasteiger partial charge in [-0.05, 0) is 38.0 Å². The van der Waals surface area contributed by atoms with E-state index in [4.69, 9.17) is 24.9 Å². The predicted octanol–water partition coefficient (Wildman–Crippen LogP) is 3.62. The van der Waals surface area contributed by atoms with Crippen molar-refractivity contribution < 1.29 is 23.9 Å². The van der Waals surface area contributed by atoms with Crippen LogP contribution < -0.4 is 15.2 Å². The normalized spacial score (nSPS) is 15.0. The maximum Gasteiger partial charge on any atom is 0.198 e. The standard InChI is InChI=1S/C25H31N3O5/c1-6-20(27-30-4)17-11-18-13-25(2,3)33-24(18)22(12-17)32-15-16-9-7-8-10-19(16)23(28-31-5)21(29)14-26/h7-12H,6,13-15,26H2,1-5H3/b27-20+,28-23?. The number of nitrogens with zero attached hydrogens (tertiary/aromatic N) is 2. The van der Waals surface area contributed by atoms with E-state index in [1.165, 1.54) is 14.2 Å². The summed E-state index contributed by atoms with van der Waals surface area (Å²) >= 11 is 0. The molecule has 176 valence electrons. The Labute approximate surface area is 194 Å². The highest BCUT2D eigenvalue weighted by atomic mass is 16.6. The molecule has 1 heterocycles. The third kappa shape index (κ3) is 5.51. The minimum absolute atomic E-state index is 0.163. The highest BCUT2D eigenvalue weighted by molar-refractivity contribution is 6.47. The molecule has 2 aromatic rings. The zero-order valence-corrected chi connectivity index (χ0v) is 19.8. The van der Waals surface area contributed by atoms with Gasteiger partial charge in [-0.15, -0.1) is 0 Å². The number of ketones is 1. The van der Waals surface area contributed by atoms with Gasteiger partial charge in [-0.1, -0.05) is 41.5 Å². The summed E-state index contributed by atoms with van der Waals surface area (Å²) in [5, 5.41) is 8.07. The SMILES string of the molecule is CC/C(=N\OC)c1cc2c(c(OCc3ccccc3C(=NOC)C(=O)CN)c1)OC(C)(C)C2. The molecule has 0 saturated carbocycles. The van der Waals surface area contributed by atoms with E-state index in [0.29, 0.717) is 17.7 Å². The number of rotatable bonds is 10. The van der Waals surface area contributed by atoms with E-state index < -0.39 is 0 Å². The number of hydrogen-bond acceptors (Lipinski definition) is 8. The van der Waals surface area contributed by atoms with Crippen LogP contribution in [0.1, 0.15) is 49.4 Å². The third-order valence-corrected chi connectivity index (χ3v) is 5.28. The molecule has 0 bridgehead atoms. The Bertz CT molecular complexity index is 1080. The summed E-state index contributed by atoms with van der Waals surface area (Å²) in [5.74, 6) is 1.01. The lowest BCUT2D eigenvalue weighted by atomic mass is 9.97. The largest absolute Gasteiger partial charge is 0.485 e. The first kappa shape index (κ1) is 24.3. The fraction of sp³-hybridized carbons (Fsp3) is 0.400. The van der Waals surface area contributed by atoms with Crippen molar-refractivity contribution in [3.05, 3.63) is 58.7 Å². The third-order valence-electron chi connectivity index (χ3n) is 5.28. The summed E-state index contributed by atoms with van der Waals surface area (Å²) in [6.07, 6.45) is 1.46. The summed E-state index contributed by atoms with van der Waals surface area (Å²) in [4.78, 5) is 22.3. The molecule has 1 aliphatic heterocycles. The Kier molecular flexibility index (Phi) is 7.71. The molecule has 2 N–H and O–H groups in total. The van der Waals surface area contributed by atoms with Crippen molar-refractivity contribution in [1.82, 2.24) is 0 Å². The summed E-state index contributed by atoms with van der Waals surface area (Å²) in [6, 6.07) is 11.4. The van der Waals surface area contributed by atoms with Gasteiger partial charge in [0, 0.05) is 23.1 Å². The van der Waals surface area contributed by atoms with Crippen LogP contribution in [0.3, 0.4) is 0 Å². The Hall–Kier alpha value is -3.39. The van der Waals surface area contributed by atoms with Crippen LogP contribution in [0.15, 0.2) is 46.7 Å². The summed E-state index contributed by atoms with van der Waals surface area (Å²) in [6.45, 7) is 6.13. The minimum atomic E-state index is -0.340. The number of oxime groups is 2. The molecule has 0 aliphatic carbocycles. The summed E-state index contributed by atoms with van der Waals surface area (Å²) in [7, 11) is 2.93. The van der Waals surface area contributed by atoms with Crippen LogP contribution in [-0.4, -0.2) is 43.6 Å². The van der Waals surface area contributed by atoms with Crippen molar-refractivity contribution in [2.45, 2.75) is 45.8 Å². The number of ether oxygens (including phenoxy) is 2. The van der Waals surface area contributed by atoms with Crippen LogP contribution in [0, 0.1) is 0 Å². The second kappa shape index (κ2) is 10.5. The van der Waals surface area contributed by atoms with Crippen LogP contribution in [0.2, 0.25) is 0 Å². The zero-order valence-electron chi connectivity index (χ0n) is 19.8. The lowest BCUT2D eigenvalue weighted by molar-refractivity contribution is -0.111. The topological polar surface area (TPSA) is 105 Å². The second-order valence-corrected chi connectivity index (χ2v) is 8.27. The molecule has 1 aliphatic rings. The molecule has 2 aromatic carbocycles. The Morgan fingerprint density at radius 3 is 2.55 bits per heavy atom. The molecular formula is C25H31N3O5. The van der Waals surface area contributed by atoms with E-state index in [1.54, 1.807) is 6.07 Å². The van der Waals surface area contributed by atoms with Gasteiger partial charge in [0.1, 0.15) is 26.4 Å². The Morgan fingerprint density at radius 1 is 1.15 bits per heavy atom. The number of carbonyl (C=O) groups excluding carboxylic acids is 1. The molecule has 33 heavy (non-hydrogen) atoms. The van der Waals surface area contributed by atoms with Gasteiger partial charge in [0.05, 0.1) is 12.3 Å². The van der Waals surface area contributed by atoms with Gasteiger partial charge in [0.15, 0.2) is 23.0 Å². The highest BCUT2D eigenvalue weighted by Gasteiger charge is 2.33. The van der Waals surface area contributed by atoms with Crippen LogP contribution in [0.25, 0.3) is 0 Å². The molecule has 0 atom stereocenters. The van der Waals surface area contributed by atoms with E-state index in [-0.39, 0.29) is 30.2 Å². The number of fused-ring (bicyclic) bond motifs is 1. The minimum Gasteiger partial charge on any atom is -0.485 e. The maximum absolute atomic E-state index is 12.3. The first-order valence-electron chi connectivity index (χ1n) is 10.8. The molecule has 0 unspecified atom stereocenters. The molecule has 3 rings (SSSR count). The number of carbonyl (C=O) groups is 1. The molecule has 0 aromatic heterocycles. The highest BCUT2D eigenvalue weighted by Crippen LogP contribution is 2.43. The van der Waals surface area contributed by atoms with E-state index in [9.17, 15) is 4.79 Å². The molecule has 8 nitrogen and oxygen atoms in total. The lowest BCUT2D eigenvalue weighted by Crippen LogP contribution is -2.25. The van der Waals surface area contributed by atoms with Crippen LogP contribution in [0.5, 0.6) is 11.5 Å². The number of hydrogen-bond donors (Lipinski definition) is 1. The first-order valence-corrected chi connectivity index (χ1v) is 10.8. The van der Waals surface area contributed by atoms with Crippen LogP contribution in [0.4, 0.5) is 0 Å². The number of nitrogens with two attached hydrogens (primary N) is 1. The molecule has 0 amide bonds. The molecule has 0 saturated heterocycles. The van der Waals surface area contributed by atoms with Gasteiger partial charge in [-0.3, -0.25) is 4.79 Å². The van der Waals surface area contributed by atoms with Gasteiger partial charge in [0.2, 0.25) is 0 Å². The van der Waals surface area contributed by atoms with Crippen molar-refractivity contribution >= 4 is 17.2 Å². The zero-order chi connectivity index (χ0) is 24.0. The van der Waals surface area contributed by atoms with Crippen molar-refractivity contribution in [3.8, 4) is 11.5 Å². The fourth-order valence-corrected chi connectivity index (χ4v) is 3.85. The van der Waals surface area contributed by atoms with Gasteiger partial charge < -0.3 is 24.9 Å². The quantitative estimate of drug-likeness (QED) is 0.435. The van der Waals surface area contributed by atoms with E-state index in [0.717, 1.165) is 34.6 Å². The van der Waals surface area contributed by atoms with E-state index in [2.05, 4.69) is 16.4 Å². The van der Waals surface area contributed by atoms with Gasteiger partial charge in [0.25, 0.3) is 0 Å². The van der Waals surface area contributed by atoms with Gasteiger partial charge >= 0.3 is 0 Å². The summed E-state index contributed by atoms with van der Waals surface area (Å²) < 4.78 is 12.5. The van der Waals surface area contributed by atoms with Gasteiger partial charge in [-0.25, -0.2) is 0 Å². The Morgan fingerprint density at radius 2 is 1.88 bits per heavy atom. The van der Waals surface area contributed by atoms with Crippen molar-refractivity contribution in [3.63, 3.8) is 0 Å². The average molecular weight is 454 g/mol. The number of Topliss-reactive ketones (excluding diaryl/α,β-unsaturated/α-hetero) is 1. The van der Waals surface area contributed by atoms with Crippen LogP contribution in [-0.2, 0) is 27.5 Å². The smallest absolute Gasteiger partial charge is 0.198 e. The monoisotopic (exact) mass is 453 g/mol. The van der Waals surface area contributed by atoms with Crippen molar-refractivity contribution in [1.29, 1.82) is 0 Å². The van der Waals surface area contributed by atoms with E-state index in [1.807, 2.05) is 45.0 Å². The lowest BCUT2D eigenvalue weighted by Gasteiger charge is -2.19. The maximum atomic E-state index is 12.3. The van der Waals surface area contributed by atoms with Crippen LogP contribution >= 0.6 is 0 Å². The fourth-order valence-electron chi connectivity index (χ4n) is 3.85. The molecule has 8 heteroatoms. The van der Waals surface area contributed by atoms with Crippen molar-refractivity contribution in [2.24, 2.45) is 16.0 Å². The first-order chi connectivity index (χ1) is 15.8. The molecular weight excluding hydrogens is 422 g/mol. The molecule has 0 fully saturated rings. The second-order valence-electron chi connectivity index (χ2n) is 8.27. The van der Waals surface area contributed by atoms with Gasteiger partial charge in [-0.2, -0.15) is 0 Å². The van der Waals surface area contributed by atoms with Crippen molar-refractivity contribution in [2.75, 3.05) is 20.8 Å². The Balaban J connectivity index is 1.99. The average Bonchev–Trinajstić information content (AvgIpc) is 3.13. The van der Waals surface area contributed by atoms with E-state index >= 15 is 0 Å².